The van der Waals surface area contributed by atoms with E-state index < -0.39 is 5.41 Å². The average Bonchev–Trinajstić information content (AvgIpc) is 4.06. The highest BCUT2D eigenvalue weighted by molar-refractivity contribution is 7.23. The monoisotopic (exact) mass is 858 g/mol. The van der Waals surface area contributed by atoms with Gasteiger partial charge in [-0.25, -0.2) is 0 Å². The zero-order valence-electron chi connectivity index (χ0n) is 36.1. The third-order valence-corrected chi connectivity index (χ3v) is 14.8. The molecule has 2 heterocycles. The minimum atomic E-state index is -0.434. The van der Waals surface area contributed by atoms with E-state index in [2.05, 4.69) is 264 Å². The molecule has 0 saturated heterocycles. The third kappa shape index (κ3) is 5.94. The molecular formula is C63H42N2S. The van der Waals surface area contributed by atoms with Crippen LogP contribution < -0.4 is 4.90 Å². The van der Waals surface area contributed by atoms with E-state index in [4.69, 9.17) is 0 Å². The maximum absolute atomic E-state index is 2.46. The lowest BCUT2D eigenvalue weighted by molar-refractivity contribution is 0.768. The van der Waals surface area contributed by atoms with Crippen molar-refractivity contribution in [1.82, 2.24) is 4.57 Å². The van der Waals surface area contributed by atoms with E-state index in [1.807, 2.05) is 11.3 Å². The fraction of sp³-hybridized carbons (Fsp3) is 0.0159. The summed E-state index contributed by atoms with van der Waals surface area (Å²) in [6, 6.07) is 93.7. The zero-order valence-corrected chi connectivity index (χ0v) is 36.9. The van der Waals surface area contributed by atoms with Gasteiger partial charge in [-0.2, -0.15) is 0 Å². The van der Waals surface area contributed by atoms with Crippen LogP contribution in [0.2, 0.25) is 0 Å². The van der Waals surface area contributed by atoms with Gasteiger partial charge in [-0.15, -0.1) is 11.3 Å². The van der Waals surface area contributed by atoms with E-state index >= 15 is 0 Å². The number of benzene rings is 10. The average molecular weight is 859 g/mol. The summed E-state index contributed by atoms with van der Waals surface area (Å²) >= 11 is 1.83. The first-order valence-electron chi connectivity index (χ1n) is 22.7. The molecule has 66 heavy (non-hydrogen) atoms. The second-order valence-electron chi connectivity index (χ2n) is 17.2. The lowest BCUT2D eigenvalue weighted by Crippen LogP contribution is -2.28. The number of nitrogens with zero attached hydrogens (tertiary/aromatic N) is 2. The smallest absolute Gasteiger partial charge is 0.101 e. The van der Waals surface area contributed by atoms with E-state index in [1.54, 1.807) is 0 Å². The molecule has 3 heteroatoms. The molecular weight excluding hydrogens is 817 g/mol. The van der Waals surface area contributed by atoms with Gasteiger partial charge >= 0.3 is 0 Å². The van der Waals surface area contributed by atoms with Crippen LogP contribution >= 0.6 is 11.3 Å². The van der Waals surface area contributed by atoms with Crippen molar-refractivity contribution in [2.24, 2.45) is 0 Å². The normalized spacial score (nSPS) is 12.7. The molecule has 10 aromatic carbocycles. The maximum atomic E-state index is 2.46. The number of hydrogen-bond donors (Lipinski definition) is 0. The van der Waals surface area contributed by atoms with Gasteiger partial charge in [-0.05, 0) is 122 Å². The number of aromatic nitrogens is 1. The van der Waals surface area contributed by atoms with Crippen molar-refractivity contribution in [2.45, 2.75) is 5.41 Å². The Labute approximate surface area is 388 Å². The summed E-state index contributed by atoms with van der Waals surface area (Å²) in [6.07, 6.45) is 0. The van der Waals surface area contributed by atoms with Gasteiger partial charge in [-0.1, -0.05) is 188 Å². The van der Waals surface area contributed by atoms with Gasteiger partial charge in [-0.3, -0.25) is 0 Å². The highest BCUT2D eigenvalue weighted by Crippen LogP contribution is 2.56. The van der Waals surface area contributed by atoms with Gasteiger partial charge in [0.15, 0.2) is 0 Å². The second kappa shape index (κ2) is 15.5. The van der Waals surface area contributed by atoms with Crippen molar-refractivity contribution in [2.75, 3.05) is 4.90 Å². The molecule has 0 saturated carbocycles. The standard InChI is InChI=1S/C63H42N2S/c1-4-22-47(23-5-1)63(48-24-6-2-7-25-48)56-31-14-11-29-52(56)54-42-50(36-37-57(54)63)64-59-33-16-13-30-53(59)55-40-44(35-38-60(55)64)43-20-18-21-45(39-43)51-28-12-15-32-58(51)65(49-26-8-3-9-27-49)62-41-46-19-10-17-34-61(46)66-62/h1-42H. The Morgan fingerprint density at radius 2 is 1.00 bits per heavy atom. The molecule has 0 amide bonds. The van der Waals surface area contributed by atoms with Crippen LogP contribution in [0, 0.1) is 0 Å². The predicted molar refractivity (Wildman–Crippen MR) is 279 cm³/mol. The Hall–Kier alpha value is -8.24. The number of fused-ring (bicyclic) bond motifs is 7. The molecule has 310 valence electrons. The fourth-order valence-corrected chi connectivity index (χ4v) is 11.9. The zero-order chi connectivity index (χ0) is 43.6. The van der Waals surface area contributed by atoms with E-state index in [-0.39, 0.29) is 0 Å². The van der Waals surface area contributed by atoms with Gasteiger partial charge in [0, 0.05) is 32.4 Å². The first-order chi connectivity index (χ1) is 32.7. The van der Waals surface area contributed by atoms with Gasteiger partial charge in [0.25, 0.3) is 0 Å². The maximum Gasteiger partial charge on any atom is 0.101 e. The summed E-state index contributed by atoms with van der Waals surface area (Å²) in [7, 11) is 0. The summed E-state index contributed by atoms with van der Waals surface area (Å²) in [5.41, 5.74) is 17.8. The quantitative estimate of drug-likeness (QED) is 0.148. The van der Waals surface area contributed by atoms with E-state index in [1.165, 1.54) is 92.5 Å². The summed E-state index contributed by atoms with van der Waals surface area (Å²) in [5.74, 6) is 0. The summed E-state index contributed by atoms with van der Waals surface area (Å²) in [6.45, 7) is 0. The van der Waals surface area contributed by atoms with Crippen molar-refractivity contribution >= 4 is 59.6 Å². The van der Waals surface area contributed by atoms with Gasteiger partial charge in [0.1, 0.15) is 5.00 Å². The van der Waals surface area contributed by atoms with E-state index in [0.717, 1.165) is 17.1 Å². The SMILES string of the molecule is c1ccc(N(c2cc3ccccc3s2)c2ccccc2-c2cccc(-c3ccc4c(c3)c3ccccc3n4-c3ccc4c(c3)-c3ccccc3C4(c3ccccc3)c3ccccc3)c2)cc1. The van der Waals surface area contributed by atoms with Gasteiger partial charge < -0.3 is 9.47 Å². The summed E-state index contributed by atoms with van der Waals surface area (Å²) in [4.78, 5) is 2.41. The third-order valence-electron chi connectivity index (χ3n) is 13.7. The van der Waals surface area contributed by atoms with Crippen LogP contribution in [0.3, 0.4) is 0 Å². The molecule has 0 unspecified atom stereocenters. The number of thiophene rings is 1. The topological polar surface area (TPSA) is 8.17 Å². The lowest BCUT2D eigenvalue weighted by Gasteiger charge is -2.33. The molecule has 0 aliphatic heterocycles. The first kappa shape index (κ1) is 38.2. The number of anilines is 3. The van der Waals surface area contributed by atoms with Crippen LogP contribution in [0.15, 0.2) is 255 Å². The minimum absolute atomic E-state index is 0.434. The lowest BCUT2D eigenvalue weighted by atomic mass is 9.68. The predicted octanol–water partition coefficient (Wildman–Crippen LogP) is 17.2. The number of para-hydroxylation sites is 3. The molecule has 2 nitrogen and oxygen atoms in total. The molecule has 0 spiro atoms. The molecule has 2 aromatic heterocycles. The molecule has 13 rings (SSSR count). The molecule has 12 aromatic rings. The summed E-state index contributed by atoms with van der Waals surface area (Å²) < 4.78 is 3.74. The molecule has 0 atom stereocenters. The molecule has 0 fully saturated rings. The van der Waals surface area contributed by atoms with Crippen molar-refractivity contribution in [3.8, 4) is 39.1 Å². The largest absolute Gasteiger partial charge is 0.309 e. The van der Waals surface area contributed by atoms with Crippen LogP contribution in [-0.2, 0) is 5.41 Å². The van der Waals surface area contributed by atoms with Crippen LogP contribution in [0.25, 0.3) is 71.0 Å². The van der Waals surface area contributed by atoms with Gasteiger partial charge in [0.2, 0.25) is 0 Å². The Kier molecular flexibility index (Phi) is 8.97. The Balaban J connectivity index is 0.936. The van der Waals surface area contributed by atoms with Crippen LogP contribution in [-0.4, -0.2) is 4.57 Å². The van der Waals surface area contributed by atoms with Crippen molar-refractivity contribution < 1.29 is 0 Å². The Morgan fingerprint density at radius 1 is 0.379 bits per heavy atom. The summed E-state index contributed by atoms with van der Waals surface area (Å²) in [5, 5.41) is 4.91. The second-order valence-corrected chi connectivity index (χ2v) is 18.3. The highest BCUT2D eigenvalue weighted by Gasteiger charge is 2.46. The molecule has 0 radical (unpaired) electrons. The van der Waals surface area contributed by atoms with Gasteiger partial charge in [0.05, 0.1) is 22.1 Å². The Bertz CT molecular complexity index is 3700. The highest BCUT2D eigenvalue weighted by atomic mass is 32.1. The molecule has 1 aliphatic carbocycles. The minimum Gasteiger partial charge on any atom is -0.309 e. The first-order valence-corrected chi connectivity index (χ1v) is 23.5. The van der Waals surface area contributed by atoms with E-state index in [9.17, 15) is 0 Å². The molecule has 0 bridgehead atoms. The number of rotatable bonds is 8. The van der Waals surface area contributed by atoms with Crippen molar-refractivity contribution in [1.29, 1.82) is 0 Å². The van der Waals surface area contributed by atoms with Crippen molar-refractivity contribution in [3.05, 3.63) is 277 Å². The van der Waals surface area contributed by atoms with Crippen LogP contribution in [0.4, 0.5) is 16.4 Å². The van der Waals surface area contributed by atoms with Crippen molar-refractivity contribution in [3.63, 3.8) is 0 Å². The van der Waals surface area contributed by atoms with E-state index in [0.29, 0.717) is 0 Å². The van der Waals surface area contributed by atoms with Crippen LogP contribution in [0.5, 0.6) is 0 Å². The molecule has 1 aliphatic rings. The Morgan fingerprint density at radius 3 is 1.80 bits per heavy atom. The van der Waals surface area contributed by atoms with Crippen LogP contribution in [0.1, 0.15) is 22.3 Å². The fourth-order valence-electron chi connectivity index (χ4n) is 10.8. The number of hydrogen-bond acceptors (Lipinski definition) is 2. The molecule has 0 N–H and O–H groups in total.